The topological polar surface area (TPSA) is 33.4 Å². The first-order chi connectivity index (χ1) is 9.65. The Morgan fingerprint density at radius 1 is 1.00 bits per heavy atom. The predicted octanol–water partition coefficient (Wildman–Crippen LogP) is 5.02. The van der Waals surface area contributed by atoms with Gasteiger partial charge in [0, 0.05) is 21.9 Å². The van der Waals surface area contributed by atoms with E-state index in [1.807, 2.05) is 30.3 Å². The van der Waals surface area contributed by atoms with Crippen molar-refractivity contribution < 1.29 is 9.52 Å². The molecule has 0 spiro atoms. The van der Waals surface area contributed by atoms with Crippen molar-refractivity contribution in [1.29, 1.82) is 0 Å². The van der Waals surface area contributed by atoms with E-state index in [1.165, 1.54) is 0 Å². The number of rotatable bonds is 3. The molecule has 0 fully saturated rings. The largest absolute Gasteiger partial charge is 0.458 e. The summed E-state index contributed by atoms with van der Waals surface area (Å²) in [5, 5.41) is 12.4. The Balaban J connectivity index is 1.91. The van der Waals surface area contributed by atoms with E-state index in [0.29, 0.717) is 22.2 Å². The van der Waals surface area contributed by atoms with Gasteiger partial charge in [0.2, 0.25) is 0 Å². The van der Waals surface area contributed by atoms with Gasteiger partial charge in [-0.15, -0.1) is 0 Å². The van der Waals surface area contributed by atoms with Crippen LogP contribution in [0.15, 0.2) is 52.9 Å². The van der Waals surface area contributed by atoms with Crippen LogP contribution in [0.3, 0.4) is 0 Å². The monoisotopic (exact) mass is 306 g/mol. The molecule has 0 aliphatic rings. The predicted molar refractivity (Wildman–Crippen MR) is 81.3 cm³/mol. The van der Waals surface area contributed by atoms with Crippen molar-refractivity contribution >= 4 is 34.2 Å². The average Bonchev–Trinajstić information content (AvgIpc) is 2.87. The number of hydrogen-bond acceptors (Lipinski definition) is 2. The Morgan fingerprint density at radius 2 is 1.70 bits per heavy atom. The summed E-state index contributed by atoms with van der Waals surface area (Å²) >= 11 is 12.2. The molecular weight excluding hydrogens is 295 g/mol. The molecule has 0 amide bonds. The molecule has 3 rings (SSSR count). The quantitative estimate of drug-likeness (QED) is 0.737. The van der Waals surface area contributed by atoms with Gasteiger partial charge in [-0.1, -0.05) is 47.5 Å². The van der Waals surface area contributed by atoms with Crippen LogP contribution in [0.4, 0.5) is 0 Å². The number of hydrogen-bond donors (Lipinski definition) is 1. The summed E-state index contributed by atoms with van der Waals surface area (Å²) in [4.78, 5) is 0. The van der Waals surface area contributed by atoms with Gasteiger partial charge in [0.15, 0.2) is 0 Å². The standard InChI is InChI=1S/C16H12Cl2O2/c17-12-5-3-6-13(18)11(12)9-14(19)16-8-10-4-1-2-7-15(10)20-16/h1-8,14,19H,9H2. The Hall–Kier alpha value is -1.48. The van der Waals surface area contributed by atoms with Gasteiger partial charge in [-0.3, -0.25) is 0 Å². The summed E-state index contributed by atoms with van der Waals surface area (Å²) in [6.45, 7) is 0. The van der Waals surface area contributed by atoms with Gasteiger partial charge in [0.25, 0.3) is 0 Å². The van der Waals surface area contributed by atoms with Crippen LogP contribution >= 0.6 is 23.2 Å². The zero-order chi connectivity index (χ0) is 14.1. The van der Waals surface area contributed by atoms with Gasteiger partial charge in [0.05, 0.1) is 0 Å². The van der Waals surface area contributed by atoms with Gasteiger partial charge in [-0.25, -0.2) is 0 Å². The molecule has 0 saturated carbocycles. The van der Waals surface area contributed by atoms with Gasteiger partial charge in [-0.05, 0) is 29.8 Å². The van der Waals surface area contributed by atoms with Crippen LogP contribution in [0.2, 0.25) is 10.0 Å². The van der Waals surface area contributed by atoms with Crippen LogP contribution in [-0.2, 0) is 6.42 Å². The minimum absolute atomic E-state index is 0.318. The minimum atomic E-state index is -0.778. The van der Waals surface area contributed by atoms with Crippen molar-refractivity contribution in [2.75, 3.05) is 0 Å². The number of aliphatic hydroxyl groups is 1. The number of furan rings is 1. The zero-order valence-electron chi connectivity index (χ0n) is 10.5. The van der Waals surface area contributed by atoms with E-state index >= 15 is 0 Å². The summed E-state index contributed by atoms with van der Waals surface area (Å²) < 4.78 is 5.65. The third-order valence-corrected chi connectivity index (χ3v) is 3.94. The van der Waals surface area contributed by atoms with E-state index in [9.17, 15) is 5.11 Å². The molecule has 1 unspecified atom stereocenters. The fraction of sp³-hybridized carbons (Fsp3) is 0.125. The Labute approximate surface area is 126 Å². The number of halogens is 2. The molecule has 1 atom stereocenters. The highest BCUT2D eigenvalue weighted by Crippen LogP contribution is 2.31. The van der Waals surface area contributed by atoms with Crippen molar-refractivity contribution in [3.8, 4) is 0 Å². The minimum Gasteiger partial charge on any atom is -0.458 e. The molecule has 0 aliphatic carbocycles. The van der Waals surface area contributed by atoms with Crippen LogP contribution in [0.25, 0.3) is 11.0 Å². The molecule has 1 heterocycles. The summed E-state index contributed by atoms with van der Waals surface area (Å²) in [6.07, 6.45) is -0.460. The second-order valence-electron chi connectivity index (χ2n) is 4.61. The van der Waals surface area contributed by atoms with E-state index in [2.05, 4.69) is 0 Å². The molecule has 4 heteroatoms. The lowest BCUT2D eigenvalue weighted by Gasteiger charge is -2.10. The summed E-state index contributed by atoms with van der Waals surface area (Å²) in [7, 11) is 0. The molecule has 0 aliphatic heterocycles. The molecule has 2 aromatic carbocycles. The SMILES string of the molecule is OC(Cc1c(Cl)cccc1Cl)c1cc2ccccc2o1. The average molecular weight is 307 g/mol. The van der Waals surface area contributed by atoms with E-state index in [1.54, 1.807) is 18.2 Å². The molecule has 1 N–H and O–H groups in total. The maximum absolute atomic E-state index is 10.3. The fourth-order valence-electron chi connectivity index (χ4n) is 2.19. The molecule has 1 aromatic heterocycles. The third kappa shape index (κ3) is 2.55. The Kier molecular flexibility index (Phi) is 3.70. The van der Waals surface area contributed by atoms with Crippen LogP contribution < -0.4 is 0 Å². The Bertz CT molecular complexity index is 696. The second kappa shape index (κ2) is 5.49. The maximum atomic E-state index is 10.3. The molecule has 0 radical (unpaired) electrons. The highest BCUT2D eigenvalue weighted by Gasteiger charge is 2.17. The van der Waals surface area contributed by atoms with Gasteiger partial charge in [-0.2, -0.15) is 0 Å². The van der Waals surface area contributed by atoms with E-state index in [0.717, 1.165) is 16.5 Å². The molecule has 3 aromatic rings. The number of para-hydroxylation sites is 1. The normalized spacial score (nSPS) is 12.8. The van der Waals surface area contributed by atoms with Gasteiger partial charge < -0.3 is 9.52 Å². The van der Waals surface area contributed by atoms with Crippen LogP contribution in [0.1, 0.15) is 17.4 Å². The summed E-state index contributed by atoms with van der Waals surface area (Å²) in [5.41, 5.74) is 1.48. The summed E-state index contributed by atoms with van der Waals surface area (Å²) in [6, 6.07) is 14.8. The highest BCUT2D eigenvalue weighted by atomic mass is 35.5. The smallest absolute Gasteiger partial charge is 0.134 e. The number of fused-ring (bicyclic) bond motifs is 1. The second-order valence-corrected chi connectivity index (χ2v) is 5.42. The van der Waals surface area contributed by atoms with E-state index in [-0.39, 0.29) is 0 Å². The maximum Gasteiger partial charge on any atom is 0.134 e. The lowest BCUT2D eigenvalue weighted by atomic mass is 10.1. The molecule has 20 heavy (non-hydrogen) atoms. The van der Waals surface area contributed by atoms with Crippen molar-refractivity contribution in [1.82, 2.24) is 0 Å². The van der Waals surface area contributed by atoms with Crippen LogP contribution in [0.5, 0.6) is 0 Å². The first-order valence-electron chi connectivity index (χ1n) is 6.24. The number of benzene rings is 2. The summed E-state index contributed by atoms with van der Waals surface area (Å²) in [5.74, 6) is 0.516. The van der Waals surface area contributed by atoms with Gasteiger partial charge in [0.1, 0.15) is 17.4 Å². The molecule has 102 valence electrons. The first-order valence-corrected chi connectivity index (χ1v) is 7.00. The van der Waals surface area contributed by atoms with E-state index < -0.39 is 6.10 Å². The lowest BCUT2D eigenvalue weighted by molar-refractivity contribution is 0.152. The van der Waals surface area contributed by atoms with Crippen molar-refractivity contribution in [2.45, 2.75) is 12.5 Å². The third-order valence-electron chi connectivity index (χ3n) is 3.23. The first kappa shape index (κ1) is 13.5. The molecular formula is C16H12Cl2O2. The fourth-order valence-corrected chi connectivity index (χ4v) is 2.74. The molecule has 2 nitrogen and oxygen atoms in total. The van der Waals surface area contributed by atoms with E-state index in [4.69, 9.17) is 27.6 Å². The molecule has 0 bridgehead atoms. The van der Waals surface area contributed by atoms with Crippen molar-refractivity contribution in [2.24, 2.45) is 0 Å². The van der Waals surface area contributed by atoms with Crippen LogP contribution in [-0.4, -0.2) is 5.11 Å². The lowest BCUT2D eigenvalue weighted by Crippen LogP contribution is -2.01. The van der Waals surface area contributed by atoms with Crippen LogP contribution in [0, 0.1) is 0 Å². The zero-order valence-corrected chi connectivity index (χ0v) is 12.0. The number of aliphatic hydroxyl groups excluding tert-OH is 1. The van der Waals surface area contributed by atoms with Crippen molar-refractivity contribution in [3.63, 3.8) is 0 Å². The van der Waals surface area contributed by atoms with Gasteiger partial charge >= 0.3 is 0 Å². The van der Waals surface area contributed by atoms with Crippen molar-refractivity contribution in [3.05, 3.63) is 69.9 Å². The molecule has 0 saturated heterocycles. The Morgan fingerprint density at radius 3 is 2.40 bits per heavy atom. The highest BCUT2D eigenvalue weighted by molar-refractivity contribution is 6.36.